The summed E-state index contributed by atoms with van der Waals surface area (Å²) in [4.78, 5) is 11.1. The van der Waals surface area contributed by atoms with Crippen LogP contribution in [0.2, 0.25) is 0 Å². The number of nitrogens with one attached hydrogen (secondary N) is 1. The first-order valence-corrected chi connectivity index (χ1v) is 10.2. The van der Waals surface area contributed by atoms with Crippen LogP contribution in [0.5, 0.6) is 17.4 Å². The highest BCUT2D eigenvalue weighted by Crippen LogP contribution is 2.22. The van der Waals surface area contributed by atoms with Crippen molar-refractivity contribution >= 4 is 5.95 Å². The van der Waals surface area contributed by atoms with Gasteiger partial charge in [-0.15, -0.1) is 0 Å². The average Bonchev–Trinajstić information content (AvgIpc) is 2.80. The summed E-state index contributed by atoms with van der Waals surface area (Å²) in [5.41, 5.74) is 0. The molecular formula is C23H25FN4O2. The fourth-order valence-electron chi connectivity index (χ4n) is 3.40. The first kappa shape index (κ1) is 20.1. The number of hydrogen-bond acceptors (Lipinski definition) is 6. The van der Waals surface area contributed by atoms with E-state index in [2.05, 4.69) is 20.2 Å². The van der Waals surface area contributed by atoms with Crippen LogP contribution >= 0.6 is 0 Å². The van der Waals surface area contributed by atoms with E-state index in [9.17, 15) is 4.39 Å². The Labute approximate surface area is 175 Å². The molecule has 2 heterocycles. The van der Waals surface area contributed by atoms with Gasteiger partial charge in [-0.2, -0.15) is 4.98 Å². The summed E-state index contributed by atoms with van der Waals surface area (Å²) >= 11 is 0. The third-order valence-electron chi connectivity index (χ3n) is 4.98. The van der Waals surface area contributed by atoms with Crippen LogP contribution in [0.4, 0.5) is 10.3 Å². The van der Waals surface area contributed by atoms with Gasteiger partial charge in [0.25, 0.3) is 0 Å². The number of benzene rings is 2. The molecule has 1 saturated heterocycles. The summed E-state index contributed by atoms with van der Waals surface area (Å²) in [5, 5.41) is 3.56. The lowest BCUT2D eigenvalue weighted by Crippen LogP contribution is -2.44. The van der Waals surface area contributed by atoms with E-state index < -0.39 is 0 Å². The third-order valence-corrected chi connectivity index (χ3v) is 4.98. The van der Waals surface area contributed by atoms with Crippen molar-refractivity contribution in [3.8, 4) is 17.4 Å². The topological polar surface area (TPSA) is 59.5 Å². The molecule has 0 unspecified atom stereocenters. The van der Waals surface area contributed by atoms with E-state index in [4.69, 9.17) is 9.47 Å². The largest absolute Gasteiger partial charge is 0.492 e. The number of anilines is 1. The molecule has 1 aliphatic rings. The molecule has 0 saturated carbocycles. The number of hydrogen-bond donors (Lipinski definition) is 1. The highest BCUT2D eigenvalue weighted by molar-refractivity contribution is 5.34. The van der Waals surface area contributed by atoms with Gasteiger partial charge in [0.15, 0.2) is 0 Å². The molecule has 156 valence electrons. The van der Waals surface area contributed by atoms with Gasteiger partial charge in [0.2, 0.25) is 11.8 Å². The molecule has 1 N–H and O–H groups in total. The van der Waals surface area contributed by atoms with E-state index in [0.717, 1.165) is 38.2 Å². The summed E-state index contributed by atoms with van der Waals surface area (Å²) in [7, 11) is 0. The predicted molar refractivity (Wildman–Crippen MR) is 114 cm³/mol. The standard InChI is InChI=1S/C23H25FN4O2/c24-18-6-8-21(9-7-18)30-22-10-13-26-23(27-22)28-15-11-19(12-16-28)25-14-17-29-20-4-2-1-3-5-20/h1-10,13,19,25H,11-12,14-17H2. The summed E-state index contributed by atoms with van der Waals surface area (Å²) in [5.74, 6) is 2.25. The molecule has 1 fully saturated rings. The van der Waals surface area contributed by atoms with Crippen LogP contribution in [-0.4, -0.2) is 42.3 Å². The van der Waals surface area contributed by atoms with Crippen molar-refractivity contribution in [3.05, 3.63) is 72.7 Å². The van der Waals surface area contributed by atoms with Gasteiger partial charge in [-0.05, 0) is 49.2 Å². The van der Waals surface area contributed by atoms with E-state index in [1.807, 2.05) is 30.3 Å². The maximum absolute atomic E-state index is 13.0. The predicted octanol–water partition coefficient (Wildman–Crippen LogP) is 4.05. The zero-order valence-electron chi connectivity index (χ0n) is 16.7. The summed E-state index contributed by atoms with van der Waals surface area (Å²) < 4.78 is 24.5. The number of halogens is 1. The van der Waals surface area contributed by atoms with E-state index in [-0.39, 0.29) is 5.82 Å². The zero-order valence-corrected chi connectivity index (χ0v) is 16.7. The Morgan fingerprint density at radius 1 is 0.967 bits per heavy atom. The molecule has 0 bridgehead atoms. The van der Waals surface area contributed by atoms with Crippen LogP contribution in [0.1, 0.15) is 12.8 Å². The molecular weight excluding hydrogens is 383 g/mol. The van der Waals surface area contributed by atoms with Crippen LogP contribution < -0.4 is 19.7 Å². The van der Waals surface area contributed by atoms with Gasteiger partial charge in [-0.25, -0.2) is 9.37 Å². The minimum Gasteiger partial charge on any atom is -0.492 e. The normalized spacial score (nSPS) is 14.5. The van der Waals surface area contributed by atoms with Gasteiger partial charge in [0.1, 0.15) is 23.9 Å². The number of rotatable bonds is 8. The van der Waals surface area contributed by atoms with Crippen LogP contribution in [0.3, 0.4) is 0 Å². The fraction of sp³-hybridized carbons (Fsp3) is 0.304. The van der Waals surface area contributed by atoms with Crippen LogP contribution in [0, 0.1) is 5.82 Å². The minimum absolute atomic E-state index is 0.297. The van der Waals surface area contributed by atoms with Crippen LogP contribution in [0.15, 0.2) is 66.9 Å². The Hall–Kier alpha value is -3.19. The van der Waals surface area contributed by atoms with Gasteiger partial charge in [0.05, 0.1) is 0 Å². The summed E-state index contributed by atoms with van der Waals surface area (Å²) in [6.07, 6.45) is 3.71. The molecule has 0 atom stereocenters. The Balaban J connectivity index is 1.22. The second kappa shape index (κ2) is 10.0. The molecule has 30 heavy (non-hydrogen) atoms. The molecule has 0 amide bonds. The van der Waals surface area contributed by atoms with E-state index >= 15 is 0 Å². The van der Waals surface area contributed by atoms with Crippen molar-refractivity contribution in [2.45, 2.75) is 18.9 Å². The average molecular weight is 408 g/mol. The van der Waals surface area contributed by atoms with Crippen molar-refractivity contribution in [2.75, 3.05) is 31.1 Å². The molecule has 7 heteroatoms. The Morgan fingerprint density at radius 3 is 2.50 bits per heavy atom. The Morgan fingerprint density at radius 2 is 1.73 bits per heavy atom. The fourth-order valence-corrected chi connectivity index (χ4v) is 3.40. The maximum atomic E-state index is 13.0. The number of piperidine rings is 1. The highest BCUT2D eigenvalue weighted by Gasteiger charge is 2.21. The first-order chi connectivity index (χ1) is 14.8. The second-order valence-electron chi connectivity index (χ2n) is 7.13. The lowest BCUT2D eigenvalue weighted by atomic mass is 10.1. The van der Waals surface area contributed by atoms with Gasteiger partial charge < -0.3 is 19.7 Å². The SMILES string of the molecule is Fc1ccc(Oc2ccnc(N3CCC(NCCOc4ccccc4)CC3)n2)cc1. The quantitative estimate of drug-likeness (QED) is 0.568. The van der Waals surface area contributed by atoms with Crippen LogP contribution in [0.25, 0.3) is 0 Å². The monoisotopic (exact) mass is 408 g/mol. The first-order valence-electron chi connectivity index (χ1n) is 10.2. The van der Waals surface area contributed by atoms with Crippen molar-refractivity contribution < 1.29 is 13.9 Å². The summed E-state index contributed by atoms with van der Waals surface area (Å²) in [6, 6.07) is 17.9. The molecule has 1 aliphatic heterocycles. The lowest BCUT2D eigenvalue weighted by molar-refractivity contribution is 0.296. The van der Waals surface area contributed by atoms with Crippen molar-refractivity contribution in [1.82, 2.24) is 15.3 Å². The van der Waals surface area contributed by atoms with Crippen molar-refractivity contribution in [1.29, 1.82) is 0 Å². The summed E-state index contributed by atoms with van der Waals surface area (Å²) in [6.45, 7) is 3.21. The number of nitrogens with zero attached hydrogens (tertiary/aromatic N) is 3. The number of aromatic nitrogens is 2. The third kappa shape index (κ3) is 5.67. The maximum Gasteiger partial charge on any atom is 0.228 e. The minimum atomic E-state index is -0.297. The molecule has 0 aliphatic carbocycles. The second-order valence-corrected chi connectivity index (χ2v) is 7.13. The van der Waals surface area contributed by atoms with Crippen molar-refractivity contribution in [2.24, 2.45) is 0 Å². The Kier molecular flexibility index (Phi) is 6.72. The smallest absolute Gasteiger partial charge is 0.228 e. The van der Waals surface area contributed by atoms with E-state index in [0.29, 0.717) is 30.2 Å². The zero-order chi connectivity index (χ0) is 20.6. The number of ether oxygens (including phenoxy) is 2. The molecule has 6 nitrogen and oxygen atoms in total. The lowest BCUT2D eigenvalue weighted by Gasteiger charge is -2.32. The number of para-hydroxylation sites is 1. The highest BCUT2D eigenvalue weighted by atomic mass is 19.1. The van der Waals surface area contributed by atoms with Gasteiger partial charge in [-0.3, -0.25) is 0 Å². The van der Waals surface area contributed by atoms with Gasteiger partial charge in [0, 0.05) is 37.9 Å². The molecule has 1 aromatic heterocycles. The van der Waals surface area contributed by atoms with Crippen molar-refractivity contribution in [3.63, 3.8) is 0 Å². The molecule has 4 rings (SSSR count). The molecule has 3 aromatic rings. The van der Waals surface area contributed by atoms with E-state index in [1.54, 1.807) is 24.4 Å². The molecule has 0 spiro atoms. The molecule has 2 aromatic carbocycles. The Bertz CT molecular complexity index is 916. The van der Waals surface area contributed by atoms with Crippen LogP contribution in [-0.2, 0) is 0 Å². The van der Waals surface area contributed by atoms with E-state index in [1.165, 1.54) is 12.1 Å². The van der Waals surface area contributed by atoms with Gasteiger partial charge in [-0.1, -0.05) is 18.2 Å². The van der Waals surface area contributed by atoms with Gasteiger partial charge >= 0.3 is 0 Å². The molecule has 0 radical (unpaired) electrons.